The number of nitrogens with one attached hydrogen (secondary N) is 2. The molecule has 88 valence electrons. The molecule has 1 heterocycles. The molecule has 0 spiro atoms. The Balaban J connectivity index is 2.53. The van der Waals surface area contributed by atoms with Crippen LogP contribution in [0.2, 0.25) is 0 Å². The lowest BCUT2D eigenvalue weighted by Gasteiger charge is -2.02. The maximum atomic E-state index is 12.0. The largest absolute Gasteiger partial charge is 0.358 e. The van der Waals surface area contributed by atoms with Crippen LogP contribution in [0.15, 0.2) is 30.9 Å². The van der Waals surface area contributed by atoms with Gasteiger partial charge in [-0.3, -0.25) is 4.79 Å². The SMILES string of the molecule is C=CCNC(=O)c1c(C)[nH]c2c(C)cccc12. The van der Waals surface area contributed by atoms with E-state index < -0.39 is 0 Å². The van der Waals surface area contributed by atoms with Crippen LogP contribution in [0, 0.1) is 13.8 Å². The van der Waals surface area contributed by atoms with Crippen molar-refractivity contribution in [2.45, 2.75) is 13.8 Å². The van der Waals surface area contributed by atoms with Gasteiger partial charge in [0, 0.05) is 23.1 Å². The molecule has 0 aliphatic rings. The Morgan fingerprint density at radius 3 is 2.94 bits per heavy atom. The summed E-state index contributed by atoms with van der Waals surface area (Å²) >= 11 is 0. The van der Waals surface area contributed by atoms with Crippen molar-refractivity contribution in [2.75, 3.05) is 6.54 Å². The zero-order valence-corrected chi connectivity index (χ0v) is 10.1. The number of aryl methyl sites for hydroxylation is 2. The maximum absolute atomic E-state index is 12.0. The number of amides is 1. The van der Waals surface area contributed by atoms with Crippen LogP contribution >= 0.6 is 0 Å². The molecule has 0 saturated heterocycles. The van der Waals surface area contributed by atoms with Crippen LogP contribution in [-0.4, -0.2) is 17.4 Å². The third-order valence-corrected chi connectivity index (χ3v) is 2.86. The van der Waals surface area contributed by atoms with Gasteiger partial charge in [-0.05, 0) is 19.4 Å². The van der Waals surface area contributed by atoms with E-state index >= 15 is 0 Å². The van der Waals surface area contributed by atoms with Gasteiger partial charge in [0.15, 0.2) is 0 Å². The predicted molar refractivity (Wildman–Crippen MR) is 70.3 cm³/mol. The highest BCUT2D eigenvalue weighted by molar-refractivity contribution is 6.08. The predicted octanol–water partition coefficient (Wildman–Crippen LogP) is 2.70. The lowest BCUT2D eigenvalue weighted by Crippen LogP contribution is -2.23. The van der Waals surface area contributed by atoms with Gasteiger partial charge in [0.05, 0.1) is 5.56 Å². The lowest BCUT2D eigenvalue weighted by atomic mass is 10.1. The van der Waals surface area contributed by atoms with Crippen LogP contribution in [0.4, 0.5) is 0 Å². The summed E-state index contributed by atoms with van der Waals surface area (Å²) in [4.78, 5) is 15.3. The first-order valence-corrected chi connectivity index (χ1v) is 5.62. The molecule has 2 rings (SSSR count). The number of H-pyrrole nitrogens is 1. The summed E-state index contributed by atoms with van der Waals surface area (Å²) < 4.78 is 0. The summed E-state index contributed by atoms with van der Waals surface area (Å²) in [5.41, 5.74) is 3.81. The fourth-order valence-electron chi connectivity index (χ4n) is 2.04. The standard InChI is InChI=1S/C14H16N2O/c1-4-8-15-14(17)12-10(3)16-13-9(2)6-5-7-11(12)13/h4-7,16H,1,8H2,2-3H3,(H,15,17). The number of fused-ring (bicyclic) bond motifs is 1. The van der Waals surface area contributed by atoms with Crippen LogP contribution in [0.1, 0.15) is 21.6 Å². The molecule has 0 bridgehead atoms. The minimum Gasteiger partial charge on any atom is -0.358 e. The van der Waals surface area contributed by atoms with E-state index in [4.69, 9.17) is 0 Å². The molecule has 0 radical (unpaired) electrons. The fraction of sp³-hybridized carbons (Fsp3) is 0.214. The van der Waals surface area contributed by atoms with Crippen molar-refractivity contribution >= 4 is 16.8 Å². The Hall–Kier alpha value is -2.03. The number of carbonyl (C=O) groups is 1. The number of hydrogen-bond acceptors (Lipinski definition) is 1. The molecule has 1 aromatic heterocycles. The number of benzene rings is 1. The van der Waals surface area contributed by atoms with E-state index in [0.29, 0.717) is 6.54 Å². The molecule has 0 saturated carbocycles. The Labute approximate surface area is 101 Å². The molecule has 0 aliphatic heterocycles. The second-order valence-corrected chi connectivity index (χ2v) is 4.12. The third kappa shape index (κ3) is 1.96. The number of hydrogen-bond donors (Lipinski definition) is 2. The van der Waals surface area contributed by atoms with Crippen molar-refractivity contribution in [3.8, 4) is 0 Å². The highest BCUT2D eigenvalue weighted by Crippen LogP contribution is 2.24. The molecule has 3 heteroatoms. The van der Waals surface area contributed by atoms with Gasteiger partial charge in [0.1, 0.15) is 0 Å². The second kappa shape index (κ2) is 4.45. The van der Waals surface area contributed by atoms with E-state index in [1.54, 1.807) is 6.08 Å². The number of para-hydroxylation sites is 1. The first kappa shape index (κ1) is 11.5. The molecule has 2 aromatic rings. The summed E-state index contributed by atoms with van der Waals surface area (Å²) in [7, 11) is 0. The van der Waals surface area contributed by atoms with Crippen LogP contribution in [0.25, 0.3) is 10.9 Å². The minimum absolute atomic E-state index is 0.0562. The van der Waals surface area contributed by atoms with Crippen LogP contribution in [0.3, 0.4) is 0 Å². The van der Waals surface area contributed by atoms with Crippen molar-refractivity contribution in [1.82, 2.24) is 10.3 Å². The summed E-state index contributed by atoms with van der Waals surface area (Å²) in [5, 5.41) is 3.79. The van der Waals surface area contributed by atoms with Crippen LogP contribution in [0.5, 0.6) is 0 Å². The highest BCUT2D eigenvalue weighted by atomic mass is 16.1. The Morgan fingerprint density at radius 2 is 2.24 bits per heavy atom. The van der Waals surface area contributed by atoms with Gasteiger partial charge < -0.3 is 10.3 Å². The average Bonchev–Trinajstić information content (AvgIpc) is 2.64. The number of aromatic amines is 1. The average molecular weight is 228 g/mol. The van der Waals surface area contributed by atoms with Crippen molar-refractivity contribution in [3.63, 3.8) is 0 Å². The van der Waals surface area contributed by atoms with Gasteiger partial charge >= 0.3 is 0 Å². The molecule has 0 fully saturated rings. The number of carbonyl (C=O) groups excluding carboxylic acids is 1. The zero-order chi connectivity index (χ0) is 12.4. The number of rotatable bonds is 3. The van der Waals surface area contributed by atoms with Gasteiger partial charge in [-0.1, -0.05) is 24.3 Å². The third-order valence-electron chi connectivity index (χ3n) is 2.86. The molecule has 2 N–H and O–H groups in total. The Bertz CT molecular complexity index is 581. The molecule has 1 aromatic carbocycles. The molecule has 0 aliphatic carbocycles. The molecular weight excluding hydrogens is 212 g/mol. The first-order chi connectivity index (χ1) is 8.15. The summed E-state index contributed by atoms with van der Waals surface area (Å²) in [6.45, 7) is 8.02. The highest BCUT2D eigenvalue weighted by Gasteiger charge is 2.15. The molecule has 0 unspecified atom stereocenters. The number of aromatic nitrogens is 1. The normalized spacial score (nSPS) is 10.5. The second-order valence-electron chi connectivity index (χ2n) is 4.12. The summed E-state index contributed by atoms with van der Waals surface area (Å²) in [6.07, 6.45) is 1.67. The van der Waals surface area contributed by atoms with E-state index in [9.17, 15) is 4.79 Å². The molecule has 3 nitrogen and oxygen atoms in total. The van der Waals surface area contributed by atoms with Gasteiger partial charge in [-0.15, -0.1) is 6.58 Å². The van der Waals surface area contributed by atoms with E-state index in [2.05, 4.69) is 16.9 Å². The molecule has 1 amide bonds. The van der Waals surface area contributed by atoms with Crippen LogP contribution in [-0.2, 0) is 0 Å². The Morgan fingerprint density at radius 1 is 1.47 bits per heavy atom. The van der Waals surface area contributed by atoms with Crippen molar-refractivity contribution < 1.29 is 4.79 Å². The van der Waals surface area contributed by atoms with Gasteiger partial charge in [0.2, 0.25) is 0 Å². The summed E-state index contributed by atoms with van der Waals surface area (Å²) in [6, 6.07) is 5.97. The van der Waals surface area contributed by atoms with Crippen molar-refractivity contribution in [3.05, 3.63) is 47.7 Å². The maximum Gasteiger partial charge on any atom is 0.253 e. The topological polar surface area (TPSA) is 44.9 Å². The quantitative estimate of drug-likeness (QED) is 0.779. The zero-order valence-electron chi connectivity index (χ0n) is 10.1. The van der Waals surface area contributed by atoms with Gasteiger partial charge in [0.25, 0.3) is 5.91 Å². The first-order valence-electron chi connectivity index (χ1n) is 5.62. The minimum atomic E-state index is -0.0562. The van der Waals surface area contributed by atoms with Gasteiger partial charge in [-0.25, -0.2) is 0 Å². The molecular formula is C14H16N2O. The van der Waals surface area contributed by atoms with Gasteiger partial charge in [-0.2, -0.15) is 0 Å². The van der Waals surface area contributed by atoms with E-state index in [-0.39, 0.29) is 5.91 Å². The fourth-order valence-corrected chi connectivity index (χ4v) is 2.04. The van der Waals surface area contributed by atoms with E-state index in [1.807, 2.05) is 32.0 Å². The lowest BCUT2D eigenvalue weighted by molar-refractivity contribution is 0.0959. The smallest absolute Gasteiger partial charge is 0.253 e. The Kier molecular flexibility index (Phi) is 3.00. The van der Waals surface area contributed by atoms with Crippen LogP contribution < -0.4 is 5.32 Å². The summed E-state index contributed by atoms with van der Waals surface area (Å²) in [5.74, 6) is -0.0562. The van der Waals surface area contributed by atoms with E-state index in [1.165, 1.54) is 0 Å². The van der Waals surface area contributed by atoms with E-state index in [0.717, 1.165) is 27.7 Å². The molecule has 0 atom stereocenters. The van der Waals surface area contributed by atoms with Crippen molar-refractivity contribution in [2.24, 2.45) is 0 Å². The molecule has 17 heavy (non-hydrogen) atoms. The van der Waals surface area contributed by atoms with Crippen molar-refractivity contribution in [1.29, 1.82) is 0 Å². The monoisotopic (exact) mass is 228 g/mol.